The molecule has 2 amide bonds. The summed E-state index contributed by atoms with van der Waals surface area (Å²) in [6, 6.07) is 9.82. The van der Waals surface area contributed by atoms with Gasteiger partial charge in [-0.25, -0.2) is 0 Å². The van der Waals surface area contributed by atoms with Crippen molar-refractivity contribution in [1.82, 2.24) is 25.0 Å². The SMILES string of the molecule is O=C(NCc1ccccc1)c1nnc2n1C[C@@H]1CN(C(=O)C3CC3)C[C@@H]1C2. The highest BCUT2D eigenvalue weighted by Crippen LogP contribution is 2.37. The summed E-state index contributed by atoms with van der Waals surface area (Å²) in [6.07, 6.45) is 2.88. The van der Waals surface area contributed by atoms with Gasteiger partial charge in [-0.2, -0.15) is 0 Å². The molecule has 0 spiro atoms. The van der Waals surface area contributed by atoms with Crippen LogP contribution in [0.2, 0.25) is 0 Å². The molecule has 1 saturated heterocycles. The van der Waals surface area contributed by atoms with Gasteiger partial charge in [0, 0.05) is 38.5 Å². The van der Waals surface area contributed by atoms with Crippen LogP contribution in [0, 0.1) is 17.8 Å². The second kappa shape index (κ2) is 6.48. The van der Waals surface area contributed by atoms with Gasteiger partial charge < -0.3 is 14.8 Å². The summed E-state index contributed by atoms with van der Waals surface area (Å²) in [5, 5.41) is 11.3. The topological polar surface area (TPSA) is 80.1 Å². The van der Waals surface area contributed by atoms with E-state index in [1.807, 2.05) is 39.8 Å². The lowest BCUT2D eigenvalue weighted by molar-refractivity contribution is -0.131. The Morgan fingerprint density at radius 3 is 2.59 bits per heavy atom. The van der Waals surface area contributed by atoms with E-state index in [1.165, 1.54) is 0 Å². The monoisotopic (exact) mass is 365 g/mol. The van der Waals surface area contributed by atoms with Gasteiger partial charge in [0.05, 0.1) is 0 Å². The number of nitrogens with one attached hydrogen (secondary N) is 1. The predicted octanol–water partition coefficient (Wildman–Crippen LogP) is 1.25. The molecule has 1 aliphatic carbocycles. The van der Waals surface area contributed by atoms with Gasteiger partial charge in [0.1, 0.15) is 5.82 Å². The summed E-state index contributed by atoms with van der Waals surface area (Å²) in [4.78, 5) is 27.0. The number of hydrogen-bond acceptors (Lipinski definition) is 4. The molecule has 0 unspecified atom stereocenters. The maximum atomic E-state index is 12.6. The molecular weight excluding hydrogens is 342 g/mol. The van der Waals surface area contributed by atoms with Crippen LogP contribution in [-0.2, 0) is 24.3 Å². The fraction of sp³-hybridized carbons (Fsp3) is 0.500. The van der Waals surface area contributed by atoms with Crippen molar-refractivity contribution in [2.45, 2.75) is 32.4 Å². The van der Waals surface area contributed by atoms with Crippen molar-refractivity contribution in [1.29, 1.82) is 0 Å². The van der Waals surface area contributed by atoms with Crippen molar-refractivity contribution >= 4 is 11.8 Å². The standard InChI is InChI=1S/C20H23N5O2/c26-19(21-9-13-4-2-1-3-5-13)18-23-22-17-8-15-10-24(20(27)14-6-7-14)11-16(15)12-25(17)18/h1-5,14-16H,6-12H2,(H,21,26)/t15-,16-/m0/s1. The Morgan fingerprint density at radius 1 is 1.04 bits per heavy atom. The number of amides is 2. The highest BCUT2D eigenvalue weighted by molar-refractivity contribution is 5.90. The molecule has 7 nitrogen and oxygen atoms in total. The van der Waals surface area contributed by atoms with E-state index in [2.05, 4.69) is 15.5 Å². The largest absolute Gasteiger partial charge is 0.345 e. The van der Waals surface area contributed by atoms with E-state index < -0.39 is 0 Å². The lowest BCUT2D eigenvalue weighted by Gasteiger charge is -2.25. The fourth-order valence-electron chi connectivity index (χ4n) is 4.32. The summed E-state index contributed by atoms with van der Waals surface area (Å²) in [7, 11) is 0. The van der Waals surface area contributed by atoms with Crippen LogP contribution in [0.25, 0.3) is 0 Å². The van der Waals surface area contributed by atoms with Gasteiger partial charge in [0.2, 0.25) is 11.7 Å². The Balaban J connectivity index is 1.26. The zero-order valence-corrected chi connectivity index (χ0v) is 15.2. The number of fused-ring (bicyclic) bond motifs is 2. The van der Waals surface area contributed by atoms with Crippen LogP contribution in [0.4, 0.5) is 0 Å². The number of carbonyl (C=O) groups excluding carboxylic acids is 2. The highest BCUT2D eigenvalue weighted by atomic mass is 16.2. The molecule has 1 aromatic heterocycles. The number of aromatic nitrogens is 3. The Labute approximate surface area is 157 Å². The quantitative estimate of drug-likeness (QED) is 0.884. The van der Waals surface area contributed by atoms with Gasteiger partial charge in [-0.05, 0) is 30.2 Å². The Morgan fingerprint density at radius 2 is 1.81 bits per heavy atom. The van der Waals surface area contributed by atoms with Gasteiger partial charge in [-0.15, -0.1) is 10.2 Å². The van der Waals surface area contributed by atoms with Crippen molar-refractivity contribution in [3.8, 4) is 0 Å². The van der Waals surface area contributed by atoms with E-state index in [9.17, 15) is 9.59 Å². The van der Waals surface area contributed by atoms with E-state index in [1.54, 1.807) is 0 Å². The molecular formula is C20H23N5O2. The van der Waals surface area contributed by atoms with Gasteiger partial charge in [0.25, 0.3) is 5.91 Å². The van der Waals surface area contributed by atoms with E-state index in [0.29, 0.717) is 30.1 Å². The van der Waals surface area contributed by atoms with Crippen molar-refractivity contribution in [3.63, 3.8) is 0 Å². The van der Waals surface area contributed by atoms with E-state index in [0.717, 1.165) is 50.3 Å². The summed E-state index contributed by atoms with van der Waals surface area (Å²) < 4.78 is 1.95. The van der Waals surface area contributed by atoms with Crippen LogP contribution in [0.15, 0.2) is 30.3 Å². The minimum Gasteiger partial charge on any atom is -0.345 e. The lowest BCUT2D eigenvalue weighted by atomic mass is 9.89. The van der Waals surface area contributed by atoms with Crippen LogP contribution in [-0.4, -0.2) is 44.6 Å². The molecule has 2 fully saturated rings. The molecule has 2 aromatic rings. The molecule has 27 heavy (non-hydrogen) atoms. The van der Waals surface area contributed by atoms with Crippen LogP contribution in [0.5, 0.6) is 0 Å². The Kier molecular flexibility index (Phi) is 3.95. The molecule has 1 saturated carbocycles. The second-order valence-corrected chi connectivity index (χ2v) is 7.96. The van der Waals surface area contributed by atoms with Crippen LogP contribution >= 0.6 is 0 Å². The zero-order chi connectivity index (χ0) is 18.4. The Hall–Kier alpha value is -2.70. The first kappa shape index (κ1) is 16.5. The van der Waals surface area contributed by atoms with Crippen LogP contribution in [0.1, 0.15) is 34.8 Å². The van der Waals surface area contributed by atoms with E-state index in [-0.39, 0.29) is 11.8 Å². The lowest BCUT2D eigenvalue weighted by Crippen LogP contribution is -2.33. The second-order valence-electron chi connectivity index (χ2n) is 7.96. The number of carbonyl (C=O) groups is 2. The number of hydrogen-bond donors (Lipinski definition) is 1. The third-order valence-electron chi connectivity index (χ3n) is 6.00. The van der Waals surface area contributed by atoms with Crippen LogP contribution in [0.3, 0.4) is 0 Å². The number of benzene rings is 1. The van der Waals surface area contributed by atoms with Crippen molar-refractivity contribution < 1.29 is 9.59 Å². The molecule has 7 heteroatoms. The maximum Gasteiger partial charge on any atom is 0.289 e. The van der Waals surface area contributed by atoms with Crippen LogP contribution < -0.4 is 5.32 Å². The van der Waals surface area contributed by atoms with Gasteiger partial charge >= 0.3 is 0 Å². The summed E-state index contributed by atoms with van der Waals surface area (Å²) >= 11 is 0. The van der Waals surface area contributed by atoms with Gasteiger partial charge in [-0.3, -0.25) is 9.59 Å². The molecule has 0 radical (unpaired) electrons. The summed E-state index contributed by atoms with van der Waals surface area (Å²) in [5.74, 6) is 2.46. The number of likely N-dealkylation sites (tertiary alicyclic amines) is 1. The third-order valence-corrected chi connectivity index (χ3v) is 6.00. The highest BCUT2D eigenvalue weighted by Gasteiger charge is 2.43. The average Bonchev–Trinajstić information content (AvgIpc) is 3.34. The molecule has 3 heterocycles. The minimum absolute atomic E-state index is 0.194. The average molecular weight is 365 g/mol. The number of rotatable bonds is 4. The molecule has 3 aliphatic rings. The van der Waals surface area contributed by atoms with Crippen molar-refractivity contribution in [3.05, 3.63) is 47.5 Å². The first-order valence-electron chi connectivity index (χ1n) is 9.72. The molecule has 1 N–H and O–H groups in total. The Bertz CT molecular complexity index is 874. The van der Waals surface area contributed by atoms with E-state index >= 15 is 0 Å². The zero-order valence-electron chi connectivity index (χ0n) is 15.2. The molecule has 5 rings (SSSR count). The summed E-state index contributed by atoms with van der Waals surface area (Å²) in [6.45, 7) is 2.80. The normalized spacial score (nSPS) is 23.6. The molecule has 2 atom stereocenters. The smallest absolute Gasteiger partial charge is 0.289 e. The minimum atomic E-state index is -0.194. The molecule has 140 valence electrons. The fourth-order valence-corrected chi connectivity index (χ4v) is 4.32. The predicted molar refractivity (Wildman–Crippen MR) is 97.6 cm³/mol. The molecule has 0 bridgehead atoms. The molecule has 2 aliphatic heterocycles. The van der Waals surface area contributed by atoms with Gasteiger partial charge in [0.15, 0.2) is 0 Å². The van der Waals surface area contributed by atoms with Crippen molar-refractivity contribution in [2.24, 2.45) is 17.8 Å². The first-order valence-corrected chi connectivity index (χ1v) is 9.72. The maximum absolute atomic E-state index is 12.6. The molecule has 1 aromatic carbocycles. The number of nitrogens with zero attached hydrogens (tertiary/aromatic N) is 4. The van der Waals surface area contributed by atoms with E-state index in [4.69, 9.17) is 0 Å². The van der Waals surface area contributed by atoms with Gasteiger partial charge in [-0.1, -0.05) is 30.3 Å². The third kappa shape index (κ3) is 3.11. The summed E-state index contributed by atoms with van der Waals surface area (Å²) in [5.41, 5.74) is 1.05. The first-order chi connectivity index (χ1) is 13.2. The van der Waals surface area contributed by atoms with Crippen molar-refractivity contribution in [2.75, 3.05) is 13.1 Å².